The van der Waals surface area contributed by atoms with Crippen molar-refractivity contribution in [1.82, 2.24) is 0 Å². The van der Waals surface area contributed by atoms with Gasteiger partial charge in [-0.25, -0.2) is 0 Å². The summed E-state index contributed by atoms with van der Waals surface area (Å²) in [5.41, 5.74) is 0. The number of hydrogen-bond donors (Lipinski definition) is 0. The predicted molar refractivity (Wildman–Crippen MR) is 52.8 cm³/mol. The second kappa shape index (κ2) is 5.90. The summed E-state index contributed by atoms with van der Waals surface area (Å²) in [6.45, 7) is 9.60. The molecule has 0 aromatic carbocycles. The molecule has 0 rings (SSSR count). The van der Waals surface area contributed by atoms with E-state index < -0.39 is 0 Å². The topological polar surface area (TPSA) is 9.23 Å². The van der Waals surface area contributed by atoms with Gasteiger partial charge in [0, 0.05) is 4.75 Å². The maximum atomic E-state index is 5.42. The zero-order chi connectivity index (χ0) is 8.74. The highest BCUT2D eigenvalue weighted by Crippen LogP contribution is 2.24. The van der Waals surface area contributed by atoms with Crippen LogP contribution in [0.4, 0.5) is 0 Å². The molecule has 0 bridgehead atoms. The van der Waals surface area contributed by atoms with Crippen LogP contribution in [-0.2, 0) is 4.18 Å². The largest absolute Gasteiger partial charge is 0.315 e. The van der Waals surface area contributed by atoms with Gasteiger partial charge in [-0.1, -0.05) is 19.8 Å². The highest BCUT2D eigenvalue weighted by molar-refractivity contribution is 7.96. The maximum Gasteiger partial charge on any atom is 0.0614 e. The van der Waals surface area contributed by atoms with Crippen molar-refractivity contribution in [3.63, 3.8) is 0 Å². The smallest absolute Gasteiger partial charge is 0.0614 e. The van der Waals surface area contributed by atoms with E-state index in [2.05, 4.69) is 27.7 Å². The summed E-state index contributed by atoms with van der Waals surface area (Å²) in [5.74, 6) is 0. The van der Waals surface area contributed by atoms with Crippen LogP contribution < -0.4 is 0 Å². The van der Waals surface area contributed by atoms with Crippen LogP contribution in [0.3, 0.4) is 0 Å². The van der Waals surface area contributed by atoms with Gasteiger partial charge in [-0.05, 0) is 39.2 Å². The first-order chi connectivity index (χ1) is 5.06. The standard InChI is InChI=1S/C9H20OS/c1-5-6-7-8-10-11-9(2,3)4/h5-8H2,1-4H3. The highest BCUT2D eigenvalue weighted by atomic mass is 32.2. The fraction of sp³-hybridized carbons (Fsp3) is 1.00. The molecule has 0 amide bonds. The summed E-state index contributed by atoms with van der Waals surface area (Å²) in [5, 5.41) is 0. The predicted octanol–water partition coefficient (Wildman–Crippen LogP) is 3.64. The Morgan fingerprint density at radius 2 is 1.82 bits per heavy atom. The highest BCUT2D eigenvalue weighted by Gasteiger charge is 2.10. The lowest BCUT2D eigenvalue weighted by atomic mass is 10.3. The van der Waals surface area contributed by atoms with Gasteiger partial charge in [0.25, 0.3) is 0 Å². The fourth-order valence-corrected chi connectivity index (χ4v) is 1.18. The molecular formula is C9H20OS. The van der Waals surface area contributed by atoms with Crippen molar-refractivity contribution >= 4 is 12.0 Å². The Balaban J connectivity index is 3.02. The van der Waals surface area contributed by atoms with Crippen LogP contribution in [0.15, 0.2) is 0 Å². The SMILES string of the molecule is CCCCCOSC(C)(C)C. The summed E-state index contributed by atoms with van der Waals surface area (Å²) in [6.07, 6.45) is 3.74. The second-order valence-electron chi connectivity index (χ2n) is 3.72. The third kappa shape index (κ3) is 10.3. The monoisotopic (exact) mass is 176 g/mol. The van der Waals surface area contributed by atoms with E-state index in [0.717, 1.165) is 6.61 Å². The van der Waals surface area contributed by atoms with Gasteiger partial charge in [-0.3, -0.25) is 0 Å². The molecule has 2 heteroatoms. The van der Waals surface area contributed by atoms with Crippen LogP contribution >= 0.6 is 12.0 Å². The molecule has 1 nitrogen and oxygen atoms in total. The lowest BCUT2D eigenvalue weighted by Crippen LogP contribution is -2.08. The first-order valence-electron chi connectivity index (χ1n) is 4.37. The molecule has 0 fully saturated rings. The molecule has 0 unspecified atom stereocenters. The van der Waals surface area contributed by atoms with Crippen molar-refractivity contribution in [2.24, 2.45) is 0 Å². The Morgan fingerprint density at radius 3 is 2.27 bits per heavy atom. The third-order valence-electron chi connectivity index (χ3n) is 1.14. The Labute approximate surface area is 75.1 Å². The minimum absolute atomic E-state index is 0.242. The molecule has 0 aromatic rings. The van der Waals surface area contributed by atoms with Crippen LogP contribution in [0.5, 0.6) is 0 Å². The fourth-order valence-electron chi connectivity index (χ4n) is 0.629. The van der Waals surface area contributed by atoms with Gasteiger partial charge in [-0.2, -0.15) is 0 Å². The van der Waals surface area contributed by atoms with E-state index in [1.165, 1.54) is 19.3 Å². The van der Waals surface area contributed by atoms with Crippen molar-refractivity contribution in [1.29, 1.82) is 0 Å². The van der Waals surface area contributed by atoms with Gasteiger partial charge in [0.2, 0.25) is 0 Å². The Morgan fingerprint density at radius 1 is 1.18 bits per heavy atom. The van der Waals surface area contributed by atoms with Crippen molar-refractivity contribution < 1.29 is 4.18 Å². The molecule has 0 aliphatic rings. The normalized spacial score (nSPS) is 12.0. The summed E-state index contributed by atoms with van der Waals surface area (Å²) in [4.78, 5) is 0. The molecule has 0 aliphatic heterocycles. The van der Waals surface area contributed by atoms with Crippen molar-refractivity contribution in [3.05, 3.63) is 0 Å². The summed E-state index contributed by atoms with van der Waals surface area (Å²) in [7, 11) is 0. The number of hydrogen-bond acceptors (Lipinski definition) is 2. The lowest BCUT2D eigenvalue weighted by molar-refractivity contribution is 0.351. The summed E-state index contributed by atoms with van der Waals surface area (Å²) < 4.78 is 5.66. The minimum atomic E-state index is 0.242. The van der Waals surface area contributed by atoms with Crippen LogP contribution in [0.1, 0.15) is 47.0 Å². The molecule has 11 heavy (non-hydrogen) atoms. The average molecular weight is 176 g/mol. The van der Waals surface area contributed by atoms with Gasteiger partial charge in [0.1, 0.15) is 0 Å². The Bertz CT molecular complexity index is 86.1. The van der Waals surface area contributed by atoms with Crippen LogP contribution in [0.25, 0.3) is 0 Å². The zero-order valence-electron chi connectivity index (χ0n) is 8.14. The van der Waals surface area contributed by atoms with Crippen LogP contribution in [0, 0.1) is 0 Å². The lowest BCUT2D eigenvalue weighted by Gasteiger charge is -2.15. The molecule has 0 heterocycles. The van der Waals surface area contributed by atoms with Crippen LogP contribution in [-0.4, -0.2) is 11.4 Å². The first-order valence-corrected chi connectivity index (χ1v) is 5.11. The van der Waals surface area contributed by atoms with E-state index in [0.29, 0.717) is 0 Å². The second-order valence-corrected chi connectivity index (χ2v) is 5.35. The molecule has 0 atom stereocenters. The molecule has 68 valence electrons. The molecule has 0 saturated carbocycles. The summed E-state index contributed by atoms with van der Waals surface area (Å²) >= 11 is 1.58. The zero-order valence-corrected chi connectivity index (χ0v) is 8.96. The first kappa shape index (κ1) is 11.3. The minimum Gasteiger partial charge on any atom is -0.315 e. The molecule has 0 spiro atoms. The van der Waals surface area contributed by atoms with Crippen molar-refractivity contribution in [2.45, 2.75) is 51.7 Å². The molecule has 0 aromatic heterocycles. The quantitative estimate of drug-likeness (QED) is 0.467. The number of rotatable bonds is 5. The van der Waals surface area contributed by atoms with E-state index in [4.69, 9.17) is 4.18 Å². The molecule has 0 N–H and O–H groups in total. The average Bonchev–Trinajstić information content (AvgIpc) is 1.85. The molecular weight excluding hydrogens is 156 g/mol. The Hall–Kier alpha value is 0.310. The van der Waals surface area contributed by atoms with E-state index >= 15 is 0 Å². The van der Waals surface area contributed by atoms with Gasteiger partial charge in [-0.15, -0.1) is 0 Å². The maximum absolute atomic E-state index is 5.42. The van der Waals surface area contributed by atoms with Gasteiger partial charge in [0.05, 0.1) is 6.61 Å². The third-order valence-corrected chi connectivity index (χ3v) is 1.92. The van der Waals surface area contributed by atoms with Crippen molar-refractivity contribution in [3.8, 4) is 0 Å². The van der Waals surface area contributed by atoms with E-state index in [1.54, 1.807) is 12.0 Å². The van der Waals surface area contributed by atoms with E-state index in [1.807, 2.05) is 0 Å². The van der Waals surface area contributed by atoms with E-state index in [-0.39, 0.29) is 4.75 Å². The molecule has 0 aliphatic carbocycles. The molecule has 0 saturated heterocycles. The van der Waals surface area contributed by atoms with Crippen molar-refractivity contribution in [2.75, 3.05) is 6.61 Å². The van der Waals surface area contributed by atoms with E-state index in [9.17, 15) is 0 Å². The van der Waals surface area contributed by atoms with Gasteiger partial charge < -0.3 is 4.18 Å². The van der Waals surface area contributed by atoms with Crippen LogP contribution in [0.2, 0.25) is 0 Å². The van der Waals surface area contributed by atoms with Gasteiger partial charge >= 0.3 is 0 Å². The molecule has 0 radical (unpaired) electrons. The number of unbranched alkanes of at least 4 members (excludes halogenated alkanes) is 2. The summed E-state index contributed by atoms with van der Waals surface area (Å²) in [6, 6.07) is 0. The van der Waals surface area contributed by atoms with Gasteiger partial charge in [0.15, 0.2) is 0 Å². The Kier molecular flexibility index (Phi) is 6.06.